The first-order valence-corrected chi connectivity index (χ1v) is 4.61. The van der Waals surface area contributed by atoms with Crippen molar-refractivity contribution in [1.82, 2.24) is 0 Å². The first kappa shape index (κ1) is 12.4. The predicted molar refractivity (Wildman–Crippen MR) is 45.8 cm³/mol. The summed E-state index contributed by atoms with van der Waals surface area (Å²) in [6, 6.07) is 0. The molecule has 1 rings (SSSR count). The number of rotatable bonds is 2. The van der Waals surface area contributed by atoms with E-state index >= 15 is 0 Å². The van der Waals surface area contributed by atoms with Gasteiger partial charge < -0.3 is 9.90 Å². The molecule has 0 saturated heterocycles. The third-order valence-corrected chi connectivity index (χ3v) is 3.10. The van der Waals surface area contributed by atoms with Gasteiger partial charge in [-0.25, -0.2) is 0 Å². The van der Waals surface area contributed by atoms with Gasteiger partial charge in [0.2, 0.25) is 0 Å². The highest BCUT2D eigenvalue weighted by Gasteiger charge is 2.58. The standard InChI is InChI=1S/C9H10ClF3O2/c1-8(2)4(6(8)7(14)15)3-5(10)9(11,12)13/h3-4,6H,1-2H3,(H,14,15)/p-1/b5-3-/t4-,6-/m1/s1. The number of carboxylic acids is 1. The zero-order valence-electron chi connectivity index (χ0n) is 8.06. The molecular weight excluding hydrogens is 233 g/mol. The van der Waals surface area contributed by atoms with Crippen LogP contribution in [0.1, 0.15) is 13.8 Å². The molecule has 1 aliphatic rings. The van der Waals surface area contributed by atoms with E-state index in [-0.39, 0.29) is 0 Å². The highest BCUT2D eigenvalue weighted by Crippen LogP contribution is 2.59. The van der Waals surface area contributed by atoms with E-state index in [1.165, 1.54) is 0 Å². The Morgan fingerprint density at radius 3 is 2.20 bits per heavy atom. The van der Waals surface area contributed by atoms with Crippen molar-refractivity contribution in [1.29, 1.82) is 0 Å². The van der Waals surface area contributed by atoms with Gasteiger partial charge in [0.25, 0.3) is 0 Å². The van der Waals surface area contributed by atoms with E-state index < -0.39 is 34.4 Å². The largest absolute Gasteiger partial charge is 0.550 e. The summed E-state index contributed by atoms with van der Waals surface area (Å²) >= 11 is 5.01. The van der Waals surface area contributed by atoms with E-state index in [1.807, 2.05) is 0 Å². The van der Waals surface area contributed by atoms with Gasteiger partial charge in [-0.15, -0.1) is 0 Å². The van der Waals surface area contributed by atoms with Gasteiger partial charge in [0, 0.05) is 11.9 Å². The van der Waals surface area contributed by atoms with Crippen LogP contribution in [0.2, 0.25) is 0 Å². The number of hydrogen-bond acceptors (Lipinski definition) is 2. The molecule has 2 nitrogen and oxygen atoms in total. The number of allylic oxidation sites excluding steroid dienone is 2. The van der Waals surface area contributed by atoms with Crippen LogP contribution in [0.15, 0.2) is 11.1 Å². The molecule has 0 unspecified atom stereocenters. The van der Waals surface area contributed by atoms with E-state index in [0.717, 1.165) is 6.08 Å². The van der Waals surface area contributed by atoms with Gasteiger partial charge in [0.15, 0.2) is 0 Å². The van der Waals surface area contributed by atoms with Gasteiger partial charge in [-0.3, -0.25) is 0 Å². The maximum Gasteiger partial charge on any atom is 0.426 e. The van der Waals surface area contributed by atoms with Crippen LogP contribution in [-0.2, 0) is 4.79 Å². The van der Waals surface area contributed by atoms with Gasteiger partial charge in [0.1, 0.15) is 5.03 Å². The molecule has 0 bridgehead atoms. The monoisotopic (exact) mass is 241 g/mol. The van der Waals surface area contributed by atoms with Crippen molar-refractivity contribution in [3.05, 3.63) is 11.1 Å². The third kappa shape index (κ3) is 2.27. The minimum atomic E-state index is -4.61. The maximum atomic E-state index is 12.1. The van der Waals surface area contributed by atoms with Crippen LogP contribution in [0.4, 0.5) is 13.2 Å². The molecule has 1 aliphatic carbocycles. The number of carboxylic acid groups (broad SMARTS) is 1. The van der Waals surface area contributed by atoms with Gasteiger partial charge >= 0.3 is 6.18 Å². The molecule has 1 fully saturated rings. The van der Waals surface area contributed by atoms with Crippen LogP contribution in [0, 0.1) is 17.3 Å². The normalized spacial score (nSPS) is 30.1. The summed E-state index contributed by atoms with van der Waals surface area (Å²) in [5.41, 5.74) is -0.718. The lowest BCUT2D eigenvalue weighted by Gasteiger charge is -2.04. The highest BCUT2D eigenvalue weighted by molar-refractivity contribution is 6.30. The number of hydrogen-bond donors (Lipinski definition) is 0. The zero-order valence-corrected chi connectivity index (χ0v) is 8.82. The Hall–Kier alpha value is -0.710. The number of halogens is 4. The summed E-state index contributed by atoms with van der Waals surface area (Å²) in [6.45, 7) is 3.13. The highest BCUT2D eigenvalue weighted by atomic mass is 35.5. The molecule has 15 heavy (non-hydrogen) atoms. The smallest absolute Gasteiger partial charge is 0.426 e. The number of carbonyl (C=O) groups is 1. The fraction of sp³-hybridized carbons (Fsp3) is 0.667. The fourth-order valence-electron chi connectivity index (χ4n) is 1.69. The quantitative estimate of drug-likeness (QED) is 0.738. The Kier molecular flexibility index (Phi) is 2.80. The van der Waals surface area contributed by atoms with Crippen molar-refractivity contribution in [3.63, 3.8) is 0 Å². The van der Waals surface area contributed by atoms with Crippen LogP contribution in [0.3, 0.4) is 0 Å². The van der Waals surface area contributed by atoms with E-state index in [0.29, 0.717) is 0 Å². The minimum absolute atomic E-state index is 0.711. The van der Waals surface area contributed by atoms with Crippen LogP contribution in [0.5, 0.6) is 0 Å². The van der Waals surface area contributed by atoms with Crippen LogP contribution in [0.25, 0.3) is 0 Å². The topological polar surface area (TPSA) is 40.1 Å². The summed E-state index contributed by atoms with van der Waals surface area (Å²) < 4.78 is 36.2. The minimum Gasteiger partial charge on any atom is -0.550 e. The lowest BCUT2D eigenvalue weighted by molar-refractivity contribution is -0.309. The predicted octanol–water partition coefficient (Wildman–Crippen LogP) is 1.69. The van der Waals surface area contributed by atoms with Gasteiger partial charge in [0.05, 0.1) is 0 Å². The Morgan fingerprint density at radius 2 is 1.93 bits per heavy atom. The Balaban J connectivity index is 2.83. The van der Waals surface area contributed by atoms with Gasteiger partial charge in [-0.05, 0) is 11.3 Å². The Labute approximate surface area is 89.7 Å². The SMILES string of the molecule is CC1(C)[C@H](/C=C(\Cl)C(F)(F)F)[C@@H]1C(=O)[O-]. The van der Waals surface area contributed by atoms with Crippen LogP contribution >= 0.6 is 11.6 Å². The number of aliphatic carboxylic acids is 1. The lowest BCUT2D eigenvalue weighted by atomic mass is 10.1. The van der Waals surface area contributed by atoms with E-state index in [4.69, 9.17) is 11.6 Å². The first-order chi connectivity index (χ1) is 6.58. The number of alkyl halides is 3. The summed E-state index contributed by atoms with van der Waals surface area (Å²) in [5, 5.41) is 9.28. The average Bonchev–Trinajstić information content (AvgIpc) is 2.50. The molecule has 0 amide bonds. The molecule has 0 N–H and O–H groups in total. The molecule has 0 aromatic heterocycles. The second-order valence-electron chi connectivity index (χ2n) is 4.16. The Bertz CT molecular complexity index is 320. The van der Waals surface area contributed by atoms with E-state index in [9.17, 15) is 23.1 Å². The summed E-state index contributed by atoms with van der Waals surface area (Å²) in [7, 11) is 0. The van der Waals surface area contributed by atoms with Crippen molar-refractivity contribution >= 4 is 17.6 Å². The molecule has 0 radical (unpaired) electrons. The van der Waals surface area contributed by atoms with Gasteiger partial charge in [-0.2, -0.15) is 13.2 Å². The number of carbonyl (C=O) groups excluding carboxylic acids is 1. The van der Waals surface area contributed by atoms with Crippen molar-refractivity contribution in [3.8, 4) is 0 Å². The Morgan fingerprint density at radius 1 is 1.47 bits per heavy atom. The zero-order chi connectivity index (χ0) is 12.0. The second-order valence-corrected chi connectivity index (χ2v) is 4.56. The van der Waals surface area contributed by atoms with Crippen molar-refractivity contribution < 1.29 is 23.1 Å². The molecule has 0 heterocycles. The van der Waals surface area contributed by atoms with Crippen LogP contribution in [-0.4, -0.2) is 12.1 Å². The molecule has 0 spiro atoms. The van der Waals surface area contributed by atoms with Gasteiger partial charge in [-0.1, -0.05) is 31.5 Å². The summed E-state index contributed by atoms with van der Waals surface area (Å²) in [4.78, 5) is 10.6. The average molecular weight is 242 g/mol. The lowest BCUT2D eigenvalue weighted by Crippen LogP contribution is -2.26. The summed E-state index contributed by atoms with van der Waals surface area (Å²) in [6.07, 6.45) is -3.86. The molecule has 0 aliphatic heterocycles. The van der Waals surface area contributed by atoms with Crippen molar-refractivity contribution in [2.24, 2.45) is 17.3 Å². The maximum absolute atomic E-state index is 12.1. The van der Waals surface area contributed by atoms with Crippen molar-refractivity contribution in [2.45, 2.75) is 20.0 Å². The van der Waals surface area contributed by atoms with E-state index in [2.05, 4.69) is 0 Å². The van der Waals surface area contributed by atoms with E-state index in [1.54, 1.807) is 13.8 Å². The molecule has 6 heteroatoms. The molecular formula is C9H9ClF3O2-. The first-order valence-electron chi connectivity index (χ1n) is 4.24. The third-order valence-electron chi connectivity index (χ3n) is 2.76. The van der Waals surface area contributed by atoms with Crippen LogP contribution < -0.4 is 5.11 Å². The fourth-order valence-corrected chi connectivity index (χ4v) is 1.83. The molecule has 0 aromatic carbocycles. The summed E-state index contributed by atoms with van der Waals surface area (Å²) in [5.74, 6) is -2.95. The molecule has 2 atom stereocenters. The molecule has 1 saturated carbocycles. The molecule has 0 aromatic rings. The molecule has 86 valence electrons. The second kappa shape index (κ2) is 3.40. The van der Waals surface area contributed by atoms with Crippen molar-refractivity contribution in [2.75, 3.05) is 0 Å².